The van der Waals surface area contributed by atoms with Crippen molar-refractivity contribution in [2.75, 3.05) is 6.54 Å². The quantitative estimate of drug-likeness (QED) is 0.631. The highest BCUT2D eigenvalue weighted by Crippen LogP contribution is 2.22. The Morgan fingerprint density at radius 1 is 1.22 bits per heavy atom. The standard InChI is InChI=1S/C11H15N3O4/c1-5(2)8-9(16)13-11(18)14(10(8)17)6-3-7(15)12-4-6/h5-6,8H,3-4H2,1-2H3,(H,12,15)(H,13,16,18). The van der Waals surface area contributed by atoms with E-state index >= 15 is 0 Å². The maximum atomic E-state index is 12.2. The van der Waals surface area contributed by atoms with E-state index < -0.39 is 29.8 Å². The number of nitrogens with zero attached hydrogens (tertiary/aromatic N) is 1. The fourth-order valence-corrected chi connectivity index (χ4v) is 2.31. The Kier molecular flexibility index (Phi) is 3.06. The van der Waals surface area contributed by atoms with E-state index in [1.807, 2.05) is 0 Å². The van der Waals surface area contributed by atoms with Crippen molar-refractivity contribution < 1.29 is 19.2 Å². The van der Waals surface area contributed by atoms with Crippen LogP contribution >= 0.6 is 0 Å². The number of hydrogen-bond acceptors (Lipinski definition) is 4. The maximum Gasteiger partial charge on any atom is 0.331 e. The molecule has 7 heteroatoms. The lowest BCUT2D eigenvalue weighted by Crippen LogP contribution is -2.62. The van der Waals surface area contributed by atoms with E-state index in [2.05, 4.69) is 10.6 Å². The van der Waals surface area contributed by atoms with Gasteiger partial charge in [-0.3, -0.25) is 24.6 Å². The molecule has 2 unspecified atom stereocenters. The zero-order chi connectivity index (χ0) is 13.4. The molecule has 0 aliphatic carbocycles. The molecule has 2 saturated heterocycles. The summed E-state index contributed by atoms with van der Waals surface area (Å²) in [6.45, 7) is 3.74. The molecule has 0 aromatic rings. The van der Waals surface area contributed by atoms with Crippen LogP contribution in [0.4, 0.5) is 4.79 Å². The minimum atomic E-state index is -0.863. The minimum Gasteiger partial charge on any atom is -0.354 e. The molecule has 7 nitrogen and oxygen atoms in total. The predicted octanol–water partition coefficient (Wildman–Crippen LogP) is -0.774. The molecule has 2 heterocycles. The van der Waals surface area contributed by atoms with E-state index in [0.29, 0.717) is 0 Å². The van der Waals surface area contributed by atoms with Crippen LogP contribution in [0.3, 0.4) is 0 Å². The van der Waals surface area contributed by atoms with E-state index in [9.17, 15) is 19.2 Å². The molecule has 2 rings (SSSR count). The van der Waals surface area contributed by atoms with Crippen LogP contribution in [-0.2, 0) is 14.4 Å². The Balaban J connectivity index is 2.24. The molecule has 0 saturated carbocycles. The highest BCUT2D eigenvalue weighted by molar-refractivity contribution is 6.16. The van der Waals surface area contributed by atoms with Crippen molar-refractivity contribution in [3.8, 4) is 0 Å². The highest BCUT2D eigenvalue weighted by atomic mass is 16.2. The van der Waals surface area contributed by atoms with Gasteiger partial charge in [-0.05, 0) is 5.92 Å². The molecule has 2 fully saturated rings. The lowest BCUT2D eigenvalue weighted by molar-refractivity contribution is -0.145. The third kappa shape index (κ3) is 1.96. The zero-order valence-corrected chi connectivity index (χ0v) is 10.2. The van der Waals surface area contributed by atoms with Crippen LogP contribution in [0.15, 0.2) is 0 Å². The van der Waals surface area contributed by atoms with E-state index in [4.69, 9.17) is 0 Å². The lowest BCUT2D eigenvalue weighted by Gasteiger charge is -2.34. The van der Waals surface area contributed by atoms with Crippen LogP contribution in [-0.4, -0.2) is 41.2 Å². The second kappa shape index (κ2) is 4.40. The molecule has 0 bridgehead atoms. The summed E-state index contributed by atoms with van der Waals surface area (Å²) < 4.78 is 0. The minimum absolute atomic E-state index is 0.0954. The summed E-state index contributed by atoms with van der Waals surface area (Å²) in [6.07, 6.45) is 0.0954. The largest absolute Gasteiger partial charge is 0.354 e. The molecule has 0 aromatic heterocycles. The SMILES string of the molecule is CC(C)C1C(=O)NC(=O)N(C2CNC(=O)C2)C1=O. The number of hydrogen-bond donors (Lipinski definition) is 2. The molecular formula is C11H15N3O4. The number of imide groups is 2. The summed E-state index contributed by atoms with van der Waals surface area (Å²) in [6, 6.07) is -1.23. The first-order valence-electron chi connectivity index (χ1n) is 5.86. The number of carbonyl (C=O) groups is 4. The van der Waals surface area contributed by atoms with Gasteiger partial charge in [0.25, 0.3) is 0 Å². The van der Waals surface area contributed by atoms with Gasteiger partial charge in [0.15, 0.2) is 0 Å². The first-order valence-corrected chi connectivity index (χ1v) is 5.86. The smallest absolute Gasteiger partial charge is 0.331 e. The number of amides is 5. The van der Waals surface area contributed by atoms with Gasteiger partial charge in [-0.1, -0.05) is 13.8 Å². The number of nitrogens with one attached hydrogen (secondary N) is 2. The number of rotatable bonds is 2. The fourth-order valence-electron chi connectivity index (χ4n) is 2.31. The van der Waals surface area contributed by atoms with Gasteiger partial charge in [-0.15, -0.1) is 0 Å². The lowest BCUT2D eigenvalue weighted by atomic mass is 9.91. The van der Waals surface area contributed by atoms with Crippen molar-refractivity contribution in [1.82, 2.24) is 15.5 Å². The van der Waals surface area contributed by atoms with Crippen LogP contribution in [0.5, 0.6) is 0 Å². The summed E-state index contributed by atoms with van der Waals surface area (Å²) in [5.74, 6) is -2.33. The summed E-state index contributed by atoms with van der Waals surface area (Å²) in [4.78, 5) is 47.7. The molecular weight excluding hydrogens is 238 g/mol. The Morgan fingerprint density at radius 3 is 2.39 bits per heavy atom. The second-order valence-electron chi connectivity index (χ2n) is 4.89. The summed E-state index contributed by atoms with van der Waals surface area (Å²) in [7, 11) is 0. The first kappa shape index (κ1) is 12.5. The fraction of sp³-hybridized carbons (Fsp3) is 0.636. The van der Waals surface area contributed by atoms with Gasteiger partial charge in [0.05, 0.1) is 6.04 Å². The highest BCUT2D eigenvalue weighted by Gasteiger charge is 2.46. The average Bonchev–Trinajstić information content (AvgIpc) is 2.63. The summed E-state index contributed by atoms with van der Waals surface area (Å²) in [5.41, 5.74) is 0. The van der Waals surface area contributed by atoms with Crippen LogP contribution in [0.1, 0.15) is 20.3 Å². The van der Waals surface area contributed by atoms with Gasteiger partial charge in [0.1, 0.15) is 5.92 Å². The van der Waals surface area contributed by atoms with Gasteiger partial charge in [-0.25, -0.2) is 4.79 Å². The van der Waals surface area contributed by atoms with E-state index in [1.165, 1.54) is 0 Å². The normalized spacial score (nSPS) is 28.7. The topological polar surface area (TPSA) is 95.6 Å². The van der Waals surface area contributed by atoms with Crippen molar-refractivity contribution in [2.45, 2.75) is 26.3 Å². The molecule has 98 valence electrons. The molecule has 5 amide bonds. The summed E-state index contributed by atoms with van der Waals surface area (Å²) >= 11 is 0. The van der Waals surface area contributed by atoms with Crippen LogP contribution in [0, 0.1) is 11.8 Å². The van der Waals surface area contributed by atoms with E-state index in [1.54, 1.807) is 13.8 Å². The van der Waals surface area contributed by atoms with Crippen LogP contribution in [0.25, 0.3) is 0 Å². The van der Waals surface area contributed by atoms with Crippen molar-refractivity contribution in [3.63, 3.8) is 0 Å². The van der Waals surface area contributed by atoms with Crippen LogP contribution < -0.4 is 10.6 Å². The molecule has 2 aliphatic rings. The average molecular weight is 253 g/mol. The van der Waals surface area contributed by atoms with Crippen molar-refractivity contribution in [2.24, 2.45) is 11.8 Å². The molecule has 2 aliphatic heterocycles. The maximum absolute atomic E-state index is 12.2. The Morgan fingerprint density at radius 2 is 1.89 bits per heavy atom. The number of carbonyl (C=O) groups excluding carboxylic acids is 4. The van der Waals surface area contributed by atoms with E-state index in [0.717, 1.165) is 4.90 Å². The predicted molar refractivity (Wildman–Crippen MR) is 60.1 cm³/mol. The molecule has 0 spiro atoms. The van der Waals surface area contributed by atoms with Gasteiger partial charge in [0.2, 0.25) is 17.7 Å². The van der Waals surface area contributed by atoms with Gasteiger partial charge < -0.3 is 5.32 Å². The van der Waals surface area contributed by atoms with Crippen molar-refractivity contribution >= 4 is 23.8 Å². The molecule has 18 heavy (non-hydrogen) atoms. The molecule has 0 radical (unpaired) electrons. The first-order chi connectivity index (χ1) is 8.41. The molecule has 2 N–H and O–H groups in total. The Bertz CT molecular complexity index is 432. The van der Waals surface area contributed by atoms with Crippen LogP contribution in [0.2, 0.25) is 0 Å². The number of barbiturate groups is 1. The number of urea groups is 1. The van der Waals surface area contributed by atoms with Gasteiger partial charge >= 0.3 is 6.03 Å². The third-order valence-electron chi connectivity index (χ3n) is 3.22. The van der Waals surface area contributed by atoms with Gasteiger partial charge in [-0.2, -0.15) is 0 Å². The third-order valence-corrected chi connectivity index (χ3v) is 3.22. The van der Waals surface area contributed by atoms with E-state index in [-0.39, 0.29) is 24.8 Å². The van der Waals surface area contributed by atoms with Gasteiger partial charge in [0, 0.05) is 13.0 Å². The Hall–Kier alpha value is -1.92. The monoisotopic (exact) mass is 253 g/mol. The van der Waals surface area contributed by atoms with Crippen molar-refractivity contribution in [1.29, 1.82) is 0 Å². The molecule has 2 atom stereocenters. The Labute approximate surface area is 104 Å². The molecule has 0 aromatic carbocycles. The summed E-state index contributed by atoms with van der Waals surface area (Å²) in [5, 5.41) is 4.74. The van der Waals surface area contributed by atoms with Crippen molar-refractivity contribution in [3.05, 3.63) is 0 Å². The second-order valence-corrected chi connectivity index (χ2v) is 4.89. The zero-order valence-electron chi connectivity index (χ0n) is 10.2.